The summed E-state index contributed by atoms with van der Waals surface area (Å²) in [5.41, 5.74) is 1.49. The first-order valence-electron chi connectivity index (χ1n) is 10.3. The van der Waals surface area contributed by atoms with Gasteiger partial charge in [-0.1, -0.05) is 29.3 Å². The van der Waals surface area contributed by atoms with E-state index in [1.54, 1.807) is 18.2 Å². The van der Waals surface area contributed by atoms with E-state index in [0.29, 0.717) is 10.8 Å². The second kappa shape index (κ2) is 11.0. The Bertz CT molecular complexity index is 1490. The summed E-state index contributed by atoms with van der Waals surface area (Å²) in [6.45, 7) is 1.26. The molecule has 3 aromatic carbocycles. The molecular weight excluding hydrogens is 549 g/mol. The summed E-state index contributed by atoms with van der Waals surface area (Å²) in [5.74, 6) is -0.297. The average molecular weight is 572 g/mol. The lowest BCUT2D eigenvalue weighted by Gasteiger charge is -2.23. The van der Waals surface area contributed by atoms with Crippen LogP contribution in [0.3, 0.4) is 0 Å². The van der Waals surface area contributed by atoms with Gasteiger partial charge < -0.3 is 10.1 Å². The highest BCUT2D eigenvalue weighted by molar-refractivity contribution is 7.92. The van der Waals surface area contributed by atoms with Crippen molar-refractivity contribution in [2.75, 3.05) is 34.3 Å². The predicted octanol–water partition coefficient (Wildman–Crippen LogP) is 4.52. The smallest absolute Gasteiger partial charge is 0.262 e. The van der Waals surface area contributed by atoms with Gasteiger partial charge in [0.2, 0.25) is 15.9 Å². The lowest BCUT2D eigenvalue weighted by Crippen LogP contribution is -2.37. The maximum absolute atomic E-state index is 12.8. The third kappa shape index (κ3) is 6.82. The van der Waals surface area contributed by atoms with Crippen LogP contribution in [0, 0.1) is 6.92 Å². The van der Waals surface area contributed by atoms with Gasteiger partial charge in [0.25, 0.3) is 10.0 Å². The molecule has 1 amide bonds. The van der Waals surface area contributed by atoms with Gasteiger partial charge in [0, 0.05) is 10.7 Å². The van der Waals surface area contributed by atoms with Crippen LogP contribution in [0.15, 0.2) is 65.6 Å². The van der Waals surface area contributed by atoms with E-state index < -0.39 is 32.5 Å². The van der Waals surface area contributed by atoms with Crippen LogP contribution in [0.4, 0.5) is 17.1 Å². The summed E-state index contributed by atoms with van der Waals surface area (Å²) in [4.78, 5) is 12.6. The molecule has 3 aromatic rings. The minimum absolute atomic E-state index is 0.0465. The average Bonchev–Trinajstić information content (AvgIpc) is 2.77. The summed E-state index contributed by atoms with van der Waals surface area (Å²) >= 11 is 12.0. The van der Waals surface area contributed by atoms with E-state index in [0.717, 1.165) is 16.1 Å². The number of carbonyl (C=O) groups is 1. The largest absolute Gasteiger partial charge is 0.495 e. The Kier molecular flexibility index (Phi) is 8.40. The minimum atomic E-state index is -3.95. The summed E-state index contributed by atoms with van der Waals surface area (Å²) in [5, 5.41) is 2.92. The number of benzene rings is 3. The zero-order valence-electron chi connectivity index (χ0n) is 19.4. The molecule has 0 saturated carbocycles. The summed E-state index contributed by atoms with van der Waals surface area (Å²) in [6, 6.07) is 14.7. The first-order valence-corrected chi connectivity index (χ1v) is 14.4. The van der Waals surface area contributed by atoms with Gasteiger partial charge in [-0.3, -0.25) is 13.8 Å². The molecule has 0 heterocycles. The van der Waals surface area contributed by atoms with Crippen molar-refractivity contribution in [1.29, 1.82) is 0 Å². The van der Waals surface area contributed by atoms with E-state index in [4.69, 9.17) is 27.9 Å². The van der Waals surface area contributed by atoms with Gasteiger partial charge in [-0.25, -0.2) is 16.8 Å². The maximum atomic E-state index is 12.8. The fourth-order valence-electron chi connectivity index (χ4n) is 3.22. The topological polar surface area (TPSA) is 122 Å². The standard InChI is InChI=1S/C23H23Cl2N3O6S2/c1-15-4-11-22(34-2)20(12-15)27-36(32,33)18-8-6-17(7-9-18)26-23(29)14-28(35(3,30)31)21-10-5-16(24)13-19(21)25/h4-13,27H,14H2,1-3H3,(H,26,29). The lowest BCUT2D eigenvalue weighted by atomic mass is 10.2. The van der Waals surface area contributed by atoms with Crippen LogP contribution in [0.1, 0.15) is 5.56 Å². The second-order valence-electron chi connectivity index (χ2n) is 7.75. The predicted molar refractivity (Wildman–Crippen MR) is 142 cm³/mol. The number of methoxy groups -OCH3 is 1. The van der Waals surface area contributed by atoms with Crippen LogP contribution in [0.5, 0.6) is 5.75 Å². The molecule has 0 radical (unpaired) electrons. The molecule has 0 aliphatic carbocycles. The van der Waals surface area contributed by atoms with Crippen molar-refractivity contribution in [2.24, 2.45) is 0 Å². The first kappa shape index (κ1) is 27.6. The molecule has 0 aliphatic heterocycles. The molecule has 0 spiro atoms. The maximum Gasteiger partial charge on any atom is 0.262 e. The normalized spacial score (nSPS) is 11.6. The van der Waals surface area contributed by atoms with E-state index in [9.17, 15) is 21.6 Å². The number of nitrogens with one attached hydrogen (secondary N) is 2. The van der Waals surface area contributed by atoms with Gasteiger partial charge in [0.05, 0.1) is 34.7 Å². The monoisotopic (exact) mass is 571 g/mol. The number of halogens is 2. The fourth-order valence-corrected chi connectivity index (χ4v) is 5.71. The van der Waals surface area contributed by atoms with Gasteiger partial charge in [-0.05, 0) is 67.1 Å². The number of sulfonamides is 2. The quantitative estimate of drug-likeness (QED) is 0.389. The van der Waals surface area contributed by atoms with Gasteiger partial charge in [0.1, 0.15) is 12.3 Å². The van der Waals surface area contributed by atoms with Crippen LogP contribution in [-0.2, 0) is 24.8 Å². The van der Waals surface area contributed by atoms with E-state index in [-0.39, 0.29) is 27.0 Å². The van der Waals surface area contributed by atoms with Gasteiger partial charge in [0.15, 0.2) is 0 Å². The molecule has 9 nitrogen and oxygen atoms in total. The number of hydrogen-bond donors (Lipinski definition) is 2. The van der Waals surface area contributed by atoms with E-state index in [1.165, 1.54) is 49.6 Å². The molecule has 0 unspecified atom stereocenters. The summed E-state index contributed by atoms with van der Waals surface area (Å²) < 4.78 is 58.8. The van der Waals surface area contributed by atoms with Crippen molar-refractivity contribution in [3.8, 4) is 5.75 Å². The van der Waals surface area contributed by atoms with Crippen molar-refractivity contribution in [3.05, 3.63) is 76.3 Å². The molecule has 13 heteroatoms. The fraction of sp³-hybridized carbons (Fsp3) is 0.174. The molecule has 0 bridgehead atoms. The lowest BCUT2D eigenvalue weighted by molar-refractivity contribution is -0.114. The molecule has 192 valence electrons. The molecule has 0 aromatic heterocycles. The van der Waals surface area contributed by atoms with Crippen molar-refractivity contribution >= 4 is 66.2 Å². The molecule has 36 heavy (non-hydrogen) atoms. The van der Waals surface area contributed by atoms with Crippen LogP contribution in [0.25, 0.3) is 0 Å². The van der Waals surface area contributed by atoms with Crippen LogP contribution >= 0.6 is 23.2 Å². The zero-order valence-corrected chi connectivity index (χ0v) is 22.6. The molecule has 0 aliphatic rings. The van der Waals surface area contributed by atoms with Gasteiger partial charge in [-0.15, -0.1) is 0 Å². The SMILES string of the molecule is COc1ccc(C)cc1NS(=O)(=O)c1ccc(NC(=O)CN(c2ccc(Cl)cc2Cl)S(C)(=O)=O)cc1. The van der Waals surface area contributed by atoms with Crippen LogP contribution < -0.4 is 19.1 Å². The van der Waals surface area contributed by atoms with Gasteiger partial charge >= 0.3 is 0 Å². The number of hydrogen-bond acceptors (Lipinski definition) is 6. The molecule has 3 rings (SSSR count). The van der Waals surface area contributed by atoms with Crippen molar-refractivity contribution in [1.82, 2.24) is 0 Å². The summed E-state index contributed by atoms with van der Waals surface area (Å²) in [6.07, 6.45) is 0.946. The third-order valence-corrected chi connectivity index (χ3v) is 7.96. The Morgan fingerprint density at radius 1 is 0.972 bits per heavy atom. The second-order valence-corrected chi connectivity index (χ2v) is 12.2. The number of nitrogens with zero attached hydrogens (tertiary/aromatic N) is 1. The number of rotatable bonds is 9. The third-order valence-electron chi connectivity index (χ3n) is 4.91. The highest BCUT2D eigenvalue weighted by Crippen LogP contribution is 2.31. The van der Waals surface area contributed by atoms with Crippen molar-refractivity contribution in [3.63, 3.8) is 0 Å². The Hall–Kier alpha value is -2.99. The Morgan fingerprint density at radius 3 is 2.22 bits per heavy atom. The van der Waals surface area contributed by atoms with Gasteiger partial charge in [-0.2, -0.15) is 0 Å². The number of amides is 1. The van der Waals surface area contributed by atoms with E-state index in [1.807, 2.05) is 6.92 Å². The summed E-state index contributed by atoms with van der Waals surface area (Å²) in [7, 11) is -6.37. The molecule has 0 fully saturated rings. The number of carbonyl (C=O) groups excluding carboxylic acids is 1. The molecular formula is C23H23Cl2N3O6S2. The van der Waals surface area contributed by atoms with Crippen molar-refractivity contribution in [2.45, 2.75) is 11.8 Å². The number of ether oxygens (including phenoxy) is 1. The van der Waals surface area contributed by atoms with Crippen LogP contribution in [0.2, 0.25) is 10.0 Å². The molecule has 2 N–H and O–H groups in total. The van der Waals surface area contributed by atoms with E-state index >= 15 is 0 Å². The zero-order chi connectivity index (χ0) is 26.7. The highest BCUT2D eigenvalue weighted by Gasteiger charge is 2.23. The Morgan fingerprint density at radius 2 is 1.64 bits per heavy atom. The Balaban J connectivity index is 1.75. The van der Waals surface area contributed by atoms with E-state index in [2.05, 4.69) is 10.0 Å². The van der Waals surface area contributed by atoms with Crippen molar-refractivity contribution < 1.29 is 26.4 Å². The minimum Gasteiger partial charge on any atom is -0.495 e. The highest BCUT2D eigenvalue weighted by atomic mass is 35.5. The molecule has 0 atom stereocenters. The van der Waals surface area contributed by atoms with Crippen LogP contribution in [-0.4, -0.2) is 42.7 Å². The Labute approximate surface area is 220 Å². The number of aryl methyl sites for hydroxylation is 1. The number of anilines is 3. The first-order chi connectivity index (χ1) is 16.8. The molecule has 0 saturated heterocycles.